The van der Waals surface area contributed by atoms with Gasteiger partial charge in [0, 0.05) is 12.3 Å². The molecule has 1 rings (SSSR count). The van der Waals surface area contributed by atoms with Crippen LogP contribution in [0.1, 0.15) is 134 Å². The molecule has 0 spiro atoms. The summed E-state index contributed by atoms with van der Waals surface area (Å²) >= 11 is 0. The van der Waals surface area contributed by atoms with Crippen LogP contribution in [0.4, 0.5) is 0 Å². The molecule has 0 amide bonds. The number of ketones is 1. The van der Waals surface area contributed by atoms with Gasteiger partial charge in [0.25, 0.3) is 0 Å². The van der Waals surface area contributed by atoms with Crippen LogP contribution in [0.25, 0.3) is 0 Å². The number of rotatable bonds is 19. The maximum atomic E-state index is 12.8. The minimum absolute atomic E-state index is 0.124. The Morgan fingerprint density at radius 2 is 1.11 bits per heavy atom. The Balaban J connectivity index is 2.05. The quantitative estimate of drug-likeness (QED) is 0.217. The van der Waals surface area contributed by atoms with Crippen molar-refractivity contribution in [3.63, 3.8) is 0 Å². The van der Waals surface area contributed by atoms with Crippen LogP contribution in [-0.4, -0.2) is 5.78 Å². The standard InChI is InChI=1S/C27H46O/c1-3-5-7-8-9-10-11-12-13-14-15-16-20-24-27(28)26(23-6-4-2)25-21-18-17-19-22-25/h17-19,21-22,26H,3-16,20,23-24H2,1-2H3. The fourth-order valence-corrected chi connectivity index (χ4v) is 4.10. The molecule has 1 aromatic carbocycles. The molecule has 0 aliphatic rings. The third-order valence-corrected chi connectivity index (χ3v) is 5.96. The van der Waals surface area contributed by atoms with Gasteiger partial charge < -0.3 is 0 Å². The first-order valence-electron chi connectivity index (χ1n) is 12.4. The van der Waals surface area contributed by atoms with Crippen LogP contribution in [-0.2, 0) is 4.79 Å². The van der Waals surface area contributed by atoms with E-state index in [0.29, 0.717) is 5.78 Å². The topological polar surface area (TPSA) is 17.1 Å². The zero-order valence-electron chi connectivity index (χ0n) is 18.9. The molecule has 0 aromatic heterocycles. The van der Waals surface area contributed by atoms with Crippen LogP contribution in [0.5, 0.6) is 0 Å². The summed E-state index contributed by atoms with van der Waals surface area (Å²) in [6.45, 7) is 4.49. The largest absolute Gasteiger partial charge is 0.299 e. The van der Waals surface area contributed by atoms with Gasteiger partial charge in [-0.15, -0.1) is 0 Å². The van der Waals surface area contributed by atoms with Crippen molar-refractivity contribution in [3.8, 4) is 0 Å². The van der Waals surface area contributed by atoms with E-state index < -0.39 is 0 Å². The highest BCUT2D eigenvalue weighted by Gasteiger charge is 2.19. The molecule has 0 saturated heterocycles. The van der Waals surface area contributed by atoms with Crippen molar-refractivity contribution in [2.75, 3.05) is 0 Å². The van der Waals surface area contributed by atoms with Gasteiger partial charge in [-0.1, -0.05) is 134 Å². The number of carbonyl (C=O) groups is 1. The molecule has 0 aliphatic carbocycles. The summed E-state index contributed by atoms with van der Waals surface area (Å²) in [5.41, 5.74) is 1.22. The summed E-state index contributed by atoms with van der Waals surface area (Å²) in [5, 5.41) is 0. The van der Waals surface area contributed by atoms with Gasteiger partial charge in [0.15, 0.2) is 0 Å². The van der Waals surface area contributed by atoms with Gasteiger partial charge >= 0.3 is 0 Å². The van der Waals surface area contributed by atoms with E-state index in [-0.39, 0.29) is 5.92 Å². The molecular formula is C27H46O. The number of unbranched alkanes of at least 4 members (excludes halogenated alkanes) is 13. The maximum Gasteiger partial charge on any atom is 0.140 e. The molecule has 1 unspecified atom stereocenters. The average molecular weight is 387 g/mol. The SMILES string of the molecule is CCCCCCCCCCCCCCCC(=O)C(CCCC)c1ccccc1. The highest BCUT2D eigenvalue weighted by atomic mass is 16.1. The molecule has 160 valence electrons. The summed E-state index contributed by atoms with van der Waals surface area (Å²) < 4.78 is 0. The molecule has 0 fully saturated rings. The lowest BCUT2D eigenvalue weighted by atomic mass is 9.87. The second kappa shape index (κ2) is 18.0. The predicted octanol–water partition coefficient (Wildman–Crippen LogP) is 9.01. The molecule has 28 heavy (non-hydrogen) atoms. The summed E-state index contributed by atoms with van der Waals surface area (Å²) in [5.74, 6) is 0.584. The first-order chi connectivity index (χ1) is 13.8. The molecule has 0 aliphatic heterocycles. The van der Waals surface area contributed by atoms with Crippen LogP contribution < -0.4 is 0 Å². The Bertz CT molecular complexity index is 464. The molecule has 1 atom stereocenters. The van der Waals surface area contributed by atoms with E-state index in [2.05, 4.69) is 38.1 Å². The van der Waals surface area contributed by atoms with Gasteiger partial charge in [-0.25, -0.2) is 0 Å². The first-order valence-corrected chi connectivity index (χ1v) is 12.4. The summed E-state index contributed by atoms with van der Waals surface area (Å²) in [7, 11) is 0. The Kier molecular flexibility index (Phi) is 16.0. The maximum absolute atomic E-state index is 12.8. The second-order valence-electron chi connectivity index (χ2n) is 8.56. The molecular weight excluding hydrogens is 340 g/mol. The third-order valence-electron chi connectivity index (χ3n) is 5.96. The Morgan fingerprint density at radius 1 is 0.643 bits per heavy atom. The number of hydrogen-bond acceptors (Lipinski definition) is 1. The van der Waals surface area contributed by atoms with Crippen LogP contribution in [0.3, 0.4) is 0 Å². The normalized spacial score (nSPS) is 12.2. The number of Topliss-reactive ketones (excluding diaryl/α,β-unsaturated/α-hetero) is 1. The lowest BCUT2D eigenvalue weighted by Crippen LogP contribution is -2.12. The van der Waals surface area contributed by atoms with Gasteiger partial charge in [0.2, 0.25) is 0 Å². The third kappa shape index (κ3) is 12.4. The fraction of sp³-hybridized carbons (Fsp3) is 0.741. The molecule has 1 aromatic rings. The molecule has 0 N–H and O–H groups in total. The van der Waals surface area contributed by atoms with E-state index in [4.69, 9.17) is 0 Å². The van der Waals surface area contributed by atoms with E-state index in [0.717, 1.165) is 32.1 Å². The number of benzene rings is 1. The minimum atomic E-state index is 0.124. The molecule has 0 heterocycles. The van der Waals surface area contributed by atoms with Gasteiger partial charge in [0.1, 0.15) is 5.78 Å². The smallest absolute Gasteiger partial charge is 0.140 e. The van der Waals surface area contributed by atoms with Crippen molar-refractivity contribution in [3.05, 3.63) is 35.9 Å². The number of carbonyl (C=O) groups excluding carboxylic acids is 1. The highest BCUT2D eigenvalue weighted by molar-refractivity contribution is 5.85. The van der Waals surface area contributed by atoms with Crippen molar-refractivity contribution in [2.24, 2.45) is 0 Å². The highest BCUT2D eigenvalue weighted by Crippen LogP contribution is 2.25. The van der Waals surface area contributed by atoms with E-state index in [1.807, 2.05) is 6.07 Å². The second-order valence-corrected chi connectivity index (χ2v) is 8.56. The molecule has 1 heteroatoms. The van der Waals surface area contributed by atoms with E-state index in [1.165, 1.54) is 82.6 Å². The molecule has 0 radical (unpaired) electrons. The van der Waals surface area contributed by atoms with E-state index >= 15 is 0 Å². The Labute approximate surface area is 175 Å². The van der Waals surface area contributed by atoms with Crippen molar-refractivity contribution >= 4 is 5.78 Å². The zero-order chi connectivity index (χ0) is 20.3. The van der Waals surface area contributed by atoms with Gasteiger partial charge in [-0.2, -0.15) is 0 Å². The Morgan fingerprint density at radius 3 is 1.61 bits per heavy atom. The van der Waals surface area contributed by atoms with Gasteiger partial charge in [-0.05, 0) is 18.4 Å². The Hall–Kier alpha value is -1.11. The summed E-state index contributed by atoms with van der Waals surface area (Å²) in [6, 6.07) is 10.4. The summed E-state index contributed by atoms with van der Waals surface area (Å²) in [6.07, 6.45) is 21.7. The van der Waals surface area contributed by atoms with Crippen molar-refractivity contribution < 1.29 is 4.79 Å². The van der Waals surface area contributed by atoms with Crippen molar-refractivity contribution in [1.82, 2.24) is 0 Å². The summed E-state index contributed by atoms with van der Waals surface area (Å²) in [4.78, 5) is 12.8. The lowest BCUT2D eigenvalue weighted by molar-refractivity contribution is -0.120. The van der Waals surface area contributed by atoms with E-state index in [1.54, 1.807) is 0 Å². The van der Waals surface area contributed by atoms with Crippen LogP contribution in [0.2, 0.25) is 0 Å². The van der Waals surface area contributed by atoms with E-state index in [9.17, 15) is 4.79 Å². The molecule has 1 nitrogen and oxygen atoms in total. The lowest BCUT2D eigenvalue weighted by Gasteiger charge is -2.16. The predicted molar refractivity (Wildman–Crippen MR) is 124 cm³/mol. The monoisotopic (exact) mass is 386 g/mol. The molecule has 0 bridgehead atoms. The van der Waals surface area contributed by atoms with Gasteiger partial charge in [0.05, 0.1) is 0 Å². The first kappa shape index (κ1) is 24.9. The van der Waals surface area contributed by atoms with Crippen LogP contribution >= 0.6 is 0 Å². The van der Waals surface area contributed by atoms with Crippen molar-refractivity contribution in [1.29, 1.82) is 0 Å². The van der Waals surface area contributed by atoms with Crippen molar-refractivity contribution in [2.45, 2.75) is 129 Å². The zero-order valence-corrected chi connectivity index (χ0v) is 18.9. The van der Waals surface area contributed by atoms with Crippen LogP contribution in [0.15, 0.2) is 30.3 Å². The average Bonchev–Trinajstić information content (AvgIpc) is 2.72. The van der Waals surface area contributed by atoms with Crippen LogP contribution in [0, 0.1) is 0 Å². The minimum Gasteiger partial charge on any atom is -0.299 e. The fourth-order valence-electron chi connectivity index (χ4n) is 4.10. The molecule has 0 saturated carbocycles. The van der Waals surface area contributed by atoms with Gasteiger partial charge in [-0.3, -0.25) is 4.79 Å². The number of hydrogen-bond donors (Lipinski definition) is 0.